The Labute approximate surface area is 191 Å². The lowest BCUT2D eigenvalue weighted by Gasteiger charge is -2.56. The normalized spacial score (nSPS) is 32.0. The zero-order valence-corrected chi connectivity index (χ0v) is 19.4. The van der Waals surface area contributed by atoms with E-state index in [9.17, 15) is 4.79 Å². The van der Waals surface area contributed by atoms with Crippen LogP contribution in [0.5, 0.6) is 5.75 Å². The minimum absolute atomic E-state index is 0.0452. The van der Waals surface area contributed by atoms with E-state index in [0.717, 1.165) is 79.5 Å². The molecule has 4 saturated carbocycles. The van der Waals surface area contributed by atoms with Crippen molar-refractivity contribution in [2.45, 2.75) is 64.3 Å². The van der Waals surface area contributed by atoms with Crippen LogP contribution >= 0.6 is 12.2 Å². The second-order valence-electron chi connectivity index (χ2n) is 10.3. The number of ether oxygens (including phenoxy) is 1. The molecule has 1 heterocycles. The molecule has 1 aromatic carbocycles. The molecule has 2 N–H and O–H groups in total. The highest BCUT2D eigenvalue weighted by Crippen LogP contribution is 2.60. The van der Waals surface area contributed by atoms with E-state index in [4.69, 9.17) is 17.0 Å². The molecule has 1 aromatic rings. The fourth-order valence-electron chi connectivity index (χ4n) is 6.96. The minimum atomic E-state index is -0.0452. The molecule has 5 fully saturated rings. The second kappa shape index (κ2) is 8.61. The number of likely N-dealkylation sites (tertiary alicyclic amines) is 1. The van der Waals surface area contributed by atoms with Gasteiger partial charge in [0.1, 0.15) is 5.75 Å². The molecular formula is C25H35N3O2S. The van der Waals surface area contributed by atoms with E-state index in [2.05, 4.69) is 15.5 Å². The van der Waals surface area contributed by atoms with Gasteiger partial charge >= 0.3 is 0 Å². The number of benzene rings is 1. The fourth-order valence-corrected chi connectivity index (χ4v) is 7.26. The highest BCUT2D eigenvalue weighted by molar-refractivity contribution is 7.80. The summed E-state index contributed by atoms with van der Waals surface area (Å²) in [5.74, 6) is 3.66. The molecule has 6 rings (SSSR count). The van der Waals surface area contributed by atoms with E-state index in [0.29, 0.717) is 12.5 Å². The summed E-state index contributed by atoms with van der Waals surface area (Å²) in [6.07, 6.45) is 9.48. The van der Waals surface area contributed by atoms with Gasteiger partial charge in [0.05, 0.1) is 6.61 Å². The van der Waals surface area contributed by atoms with Crippen LogP contribution < -0.4 is 15.4 Å². The molecule has 0 atom stereocenters. The van der Waals surface area contributed by atoms with Crippen LogP contribution in [0.2, 0.25) is 0 Å². The number of piperidine rings is 1. The van der Waals surface area contributed by atoms with Gasteiger partial charge in [0, 0.05) is 30.2 Å². The maximum Gasteiger partial charge on any atom is 0.226 e. The average molecular weight is 442 g/mol. The molecule has 4 aliphatic carbocycles. The SMILES string of the molecule is CCOc1ccc(NC(=S)N2CCC(NC(=O)C34CC5CC(CC(C5)C3)C4)CC2)cc1. The molecule has 4 bridgehead atoms. The van der Waals surface area contributed by atoms with Gasteiger partial charge < -0.3 is 20.3 Å². The quantitative estimate of drug-likeness (QED) is 0.655. The summed E-state index contributed by atoms with van der Waals surface area (Å²) in [5, 5.41) is 7.56. The first kappa shape index (κ1) is 21.0. The maximum absolute atomic E-state index is 13.3. The van der Waals surface area contributed by atoms with Gasteiger partial charge in [0.2, 0.25) is 5.91 Å². The summed E-state index contributed by atoms with van der Waals surface area (Å²) in [7, 11) is 0. The fraction of sp³-hybridized carbons (Fsp3) is 0.680. The van der Waals surface area contributed by atoms with E-state index in [-0.39, 0.29) is 11.5 Å². The summed E-state index contributed by atoms with van der Waals surface area (Å²) >= 11 is 5.64. The third kappa shape index (κ3) is 4.41. The van der Waals surface area contributed by atoms with E-state index in [1.54, 1.807) is 0 Å². The maximum atomic E-state index is 13.3. The number of hydrogen-bond donors (Lipinski definition) is 2. The van der Waals surface area contributed by atoms with Gasteiger partial charge in [-0.3, -0.25) is 4.79 Å². The number of anilines is 1. The van der Waals surface area contributed by atoms with Crippen molar-refractivity contribution in [2.24, 2.45) is 23.2 Å². The van der Waals surface area contributed by atoms with Crippen LogP contribution in [-0.2, 0) is 4.79 Å². The summed E-state index contributed by atoms with van der Waals surface area (Å²) < 4.78 is 5.50. The number of nitrogens with zero attached hydrogens (tertiary/aromatic N) is 1. The predicted octanol–water partition coefficient (Wildman–Crippen LogP) is 4.58. The number of carbonyl (C=O) groups excluding carboxylic acids is 1. The predicted molar refractivity (Wildman–Crippen MR) is 127 cm³/mol. The summed E-state index contributed by atoms with van der Waals surface area (Å²) in [6.45, 7) is 4.42. The largest absolute Gasteiger partial charge is 0.494 e. The lowest BCUT2D eigenvalue weighted by Crippen LogP contribution is -2.56. The number of thiocarbonyl (C=S) groups is 1. The van der Waals surface area contributed by atoms with Crippen molar-refractivity contribution in [3.63, 3.8) is 0 Å². The third-order valence-corrected chi connectivity index (χ3v) is 8.41. The van der Waals surface area contributed by atoms with Crippen LogP contribution in [0, 0.1) is 23.2 Å². The summed E-state index contributed by atoms with van der Waals surface area (Å²) in [5.41, 5.74) is 0.932. The first-order chi connectivity index (χ1) is 15.0. The Morgan fingerprint density at radius 2 is 1.65 bits per heavy atom. The molecule has 6 heteroatoms. The van der Waals surface area contributed by atoms with E-state index < -0.39 is 0 Å². The first-order valence-corrected chi connectivity index (χ1v) is 12.5. The Morgan fingerprint density at radius 1 is 1.06 bits per heavy atom. The zero-order chi connectivity index (χ0) is 21.4. The van der Waals surface area contributed by atoms with Crippen molar-refractivity contribution < 1.29 is 9.53 Å². The molecule has 0 unspecified atom stereocenters. The molecule has 0 spiro atoms. The topological polar surface area (TPSA) is 53.6 Å². The van der Waals surface area contributed by atoms with Crippen molar-refractivity contribution in [1.82, 2.24) is 10.2 Å². The minimum Gasteiger partial charge on any atom is -0.494 e. The van der Waals surface area contributed by atoms with Crippen molar-refractivity contribution >= 4 is 28.9 Å². The Kier molecular flexibility index (Phi) is 5.84. The number of rotatable bonds is 5. The van der Waals surface area contributed by atoms with E-state index in [1.807, 2.05) is 31.2 Å². The number of amides is 1. The highest BCUT2D eigenvalue weighted by atomic mass is 32.1. The first-order valence-electron chi connectivity index (χ1n) is 12.1. The molecule has 1 saturated heterocycles. The van der Waals surface area contributed by atoms with Crippen LogP contribution in [0.3, 0.4) is 0 Å². The third-order valence-electron chi connectivity index (χ3n) is 8.05. The lowest BCUT2D eigenvalue weighted by molar-refractivity contribution is -0.147. The van der Waals surface area contributed by atoms with Crippen molar-refractivity contribution in [1.29, 1.82) is 0 Å². The van der Waals surface area contributed by atoms with Crippen LogP contribution in [0.1, 0.15) is 58.3 Å². The van der Waals surface area contributed by atoms with Crippen LogP contribution in [0.15, 0.2) is 24.3 Å². The van der Waals surface area contributed by atoms with Gasteiger partial charge in [-0.25, -0.2) is 0 Å². The molecule has 168 valence electrons. The smallest absolute Gasteiger partial charge is 0.226 e. The van der Waals surface area contributed by atoms with Gasteiger partial charge in [0.25, 0.3) is 0 Å². The lowest BCUT2D eigenvalue weighted by atomic mass is 9.49. The molecule has 31 heavy (non-hydrogen) atoms. The van der Waals surface area contributed by atoms with Crippen molar-refractivity contribution in [3.05, 3.63) is 24.3 Å². The Morgan fingerprint density at radius 3 is 2.19 bits per heavy atom. The van der Waals surface area contributed by atoms with Gasteiger partial charge in [0.15, 0.2) is 5.11 Å². The van der Waals surface area contributed by atoms with Gasteiger partial charge in [-0.2, -0.15) is 0 Å². The average Bonchev–Trinajstić information content (AvgIpc) is 2.75. The van der Waals surface area contributed by atoms with Gasteiger partial charge in [-0.1, -0.05) is 0 Å². The van der Waals surface area contributed by atoms with Crippen molar-refractivity contribution in [2.75, 3.05) is 25.0 Å². The molecule has 5 aliphatic rings. The van der Waals surface area contributed by atoms with Crippen molar-refractivity contribution in [3.8, 4) is 5.75 Å². The van der Waals surface area contributed by atoms with E-state index >= 15 is 0 Å². The Balaban J connectivity index is 1.10. The second-order valence-corrected chi connectivity index (χ2v) is 10.7. The molecule has 1 aliphatic heterocycles. The Hall–Kier alpha value is -1.82. The number of hydrogen-bond acceptors (Lipinski definition) is 3. The van der Waals surface area contributed by atoms with Crippen LogP contribution in [0.4, 0.5) is 5.69 Å². The molecule has 5 nitrogen and oxygen atoms in total. The monoisotopic (exact) mass is 441 g/mol. The van der Waals surface area contributed by atoms with Crippen LogP contribution in [-0.4, -0.2) is 41.7 Å². The molecule has 1 amide bonds. The number of carbonyl (C=O) groups is 1. The van der Waals surface area contributed by atoms with Gasteiger partial charge in [-0.15, -0.1) is 0 Å². The zero-order valence-electron chi connectivity index (χ0n) is 18.6. The molecular weight excluding hydrogens is 406 g/mol. The Bertz CT molecular complexity index is 781. The van der Waals surface area contributed by atoms with E-state index in [1.165, 1.54) is 19.3 Å². The number of nitrogens with one attached hydrogen (secondary N) is 2. The van der Waals surface area contributed by atoms with Gasteiger partial charge in [-0.05, 0) is 113 Å². The standard InChI is InChI=1S/C25H35N3O2S/c1-2-30-22-5-3-20(4-6-22)27-24(31)28-9-7-21(8-10-28)26-23(29)25-14-17-11-18(15-25)13-19(12-17)16-25/h3-6,17-19,21H,2,7-16H2,1H3,(H,26,29)(H,27,31). The molecule has 0 radical (unpaired) electrons. The van der Waals surface area contributed by atoms with Crippen LogP contribution in [0.25, 0.3) is 0 Å². The molecule has 0 aromatic heterocycles. The summed E-state index contributed by atoms with van der Waals surface area (Å²) in [4.78, 5) is 15.5. The summed E-state index contributed by atoms with van der Waals surface area (Å²) in [6, 6.07) is 8.19. The highest BCUT2D eigenvalue weighted by Gasteiger charge is 2.54.